The molecule has 1 saturated heterocycles. The van der Waals surface area contributed by atoms with Crippen molar-refractivity contribution in [2.45, 2.75) is 51.9 Å². The van der Waals surface area contributed by atoms with Crippen LogP contribution >= 0.6 is 11.3 Å². The zero-order valence-electron chi connectivity index (χ0n) is 19.2. The van der Waals surface area contributed by atoms with Crippen molar-refractivity contribution in [2.75, 3.05) is 51.3 Å². The van der Waals surface area contributed by atoms with E-state index in [1.54, 1.807) is 6.20 Å². The Labute approximate surface area is 194 Å². The Bertz CT molecular complexity index is 800. The van der Waals surface area contributed by atoms with Crippen LogP contribution in [0.2, 0.25) is 0 Å². The average Bonchev–Trinajstić information content (AvgIpc) is 3.16. The number of morpholine rings is 1. The summed E-state index contributed by atoms with van der Waals surface area (Å²) in [4.78, 5) is 36.4. The molecule has 0 aromatic carbocycles. The van der Waals surface area contributed by atoms with Gasteiger partial charge in [-0.15, -0.1) is 11.3 Å². The van der Waals surface area contributed by atoms with Crippen molar-refractivity contribution in [3.05, 3.63) is 11.1 Å². The van der Waals surface area contributed by atoms with E-state index in [0.29, 0.717) is 29.4 Å². The van der Waals surface area contributed by atoms with Crippen LogP contribution in [0.5, 0.6) is 0 Å². The number of hydrogen-bond donors (Lipinski definition) is 1. The number of hydrogen-bond acceptors (Lipinski definition) is 6. The molecule has 176 valence electrons. The molecule has 1 aromatic rings. The molecule has 5 fully saturated rings. The fraction of sp³-hybridized carbons (Fsp3) is 0.792. The van der Waals surface area contributed by atoms with Crippen molar-refractivity contribution in [2.24, 2.45) is 23.2 Å². The highest BCUT2D eigenvalue weighted by atomic mass is 32.1. The molecule has 5 aliphatic rings. The Morgan fingerprint density at radius 1 is 1.19 bits per heavy atom. The molecule has 32 heavy (non-hydrogen) atoms. The van der Waals surface area contributed by atoms with Crippen LogP contribution in [0.3, 0.4) is 0 Å². The summed E-state index contributed by atoms with van der Waals surface area (Å²) >= 11 is 1.47. The van der Waals surface area contributed by atoms with Gasteiger partial charge in [0.1, 0.15) is 0 Å². The molecular weight excluding hydrogens is 424 g/mol. The molecule has 2 amide bonds. The summed E-state index contributed by atoms with van der Waals surface area (Å²) in [5.74, 6) is 2.25. The van der Waals surface area contributed by atoms with Gasteiger partial charge < -0.3 is 15.0 Å². The topological polar surface area (TPSA) is 74.8 Å². The molecule has 4 bridgehead atoms. The fourth-order valence-electron chi connectivity index (χ4n) is 7.01. The number of ether oxygens (including phenoxy) is 1. The largest absolute Gasteiger partial charge is 0.379 e. The lowest BCUT2D eigenvalue weighted by atomic mass is 9.49. The normalized spacial score (nSPS) is 31.6. The van der Waals surface area contributed by atoms with Crippen LogP contribution in [-0.4, -0.2) is 72.5 Å². The zero-order valence-corrected chi connectivity index (χ0v) is 20.0. The first-order chi connectivity index (χ1) is 15.5. The smallest absolute Gasteiger partial charge is 0.245 e. The molecule has 0 atom stereocenters. The van der Waals surface area contributed by atoms with Crippen molar-refractivity contribution >= 4 is 28.3 Å². The molecule has 6 rings (SSSR count). The van der Waals surface area contributed by atoms with Crippen LogP contribution in [0.4, 0.5) is 5.13 Å². The standard InChI is InChI=1S/C24H36N4O3S/c1-17-15-25-23(32-17)26-21(29)16-28(4-2-3-27-5-7-31-8-6-27)22(30)24-12-18-9-19(13-24)11-20(10-18)14-24/h15,18-20H,2-14,16H2,1H3,(H,25,26,29). The lowest BCUT2D eigenvalue weighted by Crippen LogP contribution is -2.55. The van der Waals surface area contributed by atoms with E-state index in [9.17, 15) is 9.59 Å². The van der Waals surface area contributed by atoms with E-state index >= 15 is 0 Å². The molecule has 8 heteroatoms. The minimum Gasteiger partial charge on any atom is -0.379 e. The van der Waals surface area contributed by atoms with Crippen molar-refractivity contribution in [1.82, 2.24) is 14.8 Å². The van der Waals surface area contributed by atoms with Gasteiger partial charge >= 0.3 is 0 Å². The van der Waals surface area contributed by atoms with E-state index < -0.39 is 0 Å². The SMILES string of the molecule is Cc1cnc(NC(=O)CN(CCCN2CCOCC2)C(=O)C23CC4CC(CC(C4)C2)C3)s1. The first kappa shape index (κ1) is 22.3. The van der Waals surface area contributed by atoms with Crippen LogP contribution in [-0.2, 0) is 14.3 Å². The first-order valence-electron chi connectivity index (χ1n) is 12.3. The molecule has 1 aliphatic heterocycles. The Morgan fingerprint density at radius 3 is 2.44 bits per heavy atom. The van der Waals surface area contributed by atoms with E-state index in [2.05, 4.69) is 15.2 Å². The predicted octanol–water partition coefficient (Wildman–Crippen LogP) is 3.16. The summed E-state index contributed by atoms with van der Waals surface area (Å²) in [5.41, 5.74) is -0.217. The molecule has 1 aromatic heterocycles. The van der Waals surface area contributed by atoms with Crippen LogP contribution < -0.4 is 5.32 Å². The maximum Gasteiger partial charge on any atom is 0.245 e. The number of rotatable bonds is 8. The summed E-state index contributed by atoms with van der Waals surface area (Å²) in [6.07, 6.45) is 9.69. The zero-order chi connectivity index (χ0) is 22.1. The van der Waals surface area contributed by atoms with Gasteiger partial charge in [-0.2, -0.15) is 0 Å². The lowest BCUT2D eigenvalue weighted by Gasteiger charge is -2.56. The second-order valence-corrected chi connectivity index (χ2v) is 11.8. The fourth-order valence-corrected chi connectivity index (χ4v) is 7.70. The van der Waals surface area contributed by atoms with Crippen LogP contribution in [0.15, 0.2) is 6.20 Å². The molecule has 4 aliphatic carbocycles. The first-order valence-corrected chi connectivity index (χ1v) is 13.1. The summed E-state index contributed by atoms with van der Waals surface area (Å²) in [7, 11) is 0. The van der Waals surface area contributed by atoms with Gasteiger partial charge in [-0.1, -0.05) is 0 Å². The third kappa shape index (κ3) is 4.87. The van der Waals surface area contributed by atoms with Gasteiger partial charge in [-0.05, 0) is 69.6 Å². The summed E-state index contributed by atoms with van der Waals surface area (Å²) < 4.78 is 5.45. The van der Waals surface area contributed by atoms with E-state index in [-0.39, 0.29) is 23.8 Å². The van der Waals surface area contributed by atoms with Crippen LogP contribution in [0, 0.1) is 30.1 Å². The Balaban J connectivity index is 1.25. The predicted molar refractivity (Wildman–Crippen MR) is 125 cm³/mol. The molecule has 4 saturated carbocycles. The van der Waals surface area contributed by atoms with E-state index in [0.717, 1.165) is 63.4 Å². The molecule has 0 spiro atoms. The number of carbonyl (C=O) groups excluding carboxylic acids is 2. The molecule has 0 radical (unpaired) electrons. The quantitative estimate of drug-likeness (QED) is 0.645. The third-order valence-electron chi connectivity index (χ3n) is 7.99. The van der Waals surface area contributed by atoms with Gasteiger partial charge in [0.05, 0.1) is 25.2 Å². The molecule has 2 heterocycles. The van der Waals surface area contributed by atoms with Gasteiger partial charge in [0.2, 0.25) is 11.8 Å². The molecule has 7 nitrogen and oxygen atoms in total. The number of carbonyl (C=O) groups is 2. The van der Waals surface area contributed by atoms with E-state index in [4.69, 9.17) is 4.74 Å². The average molecular weight is 461 g/mol. The number of aromatic nitrogens is 1. The third-order valence-corrected chi connectivity index (χ3v) is 8.82. The van der Waals surface area contributed by atoms with Crippen LogP contribution in [0.25, 0.3) is 0 Å². The number of nitrogens with one attached hydrogen (secondary N) is 1. The Hall–Kier alpha value is -1.51. The van der Waals surface area contributed by atoms with Gasteiger partial charge in [-0.25, -0.2) is 4.98 Å². The van der Waals surface area contributed by atoms with Gasteiger partial charge in [0, 0.05) is 37.3 Å². The van der Waals surface area contributed by atoms with Crippen molar-refractivity contribution in [3.8, 4) is 0 Å². The van der Waals surface area contributed by atoms with E-state index in [1.165, 1.54) is 30.6 Å². The van der Waals surface area contributed by atoms with Crippen LogP contribution in [0.1, 0.15) is 49.8 Å². The lowest BCUT2D eigenvalue weighted by molar-refractivity contribution is -0.158. The highest BCUT2D eigenvalue weighted by molar-refractivity contribution is 7.15. The molecular formula is C24H36N4O3S. The number of amides is 2. The van der Waals surface area contributed by atoms with Crippen molar-refractivity contribution < 1.29 is 14.3 Å². The highest BCUT2D eigenvalue weighted by Gasteiger charge is 2.55. The number of thiazole rings is 1. The molecule has 0 unspecified atom stereocenters. The summed E-state index contributed by atoms with van der Waals surface area (Å²) in [6, 6.07) is 0. The summed E-state index contributed by atoms with van der Waals surface area (Å²) in [5, 5.41) is 3.52. The summed E-state index contributed by atoms with van der Waals surface area (Å²) in [6.45, 7) is 7.16. The van der Waals surface area contributed by atoms with Gasteiger partial charge in [0.15, 0.2) is 5.13 Å². The Kier molecular flexibility index (Phi) is 6.54. The minimum atomic E-state index is -0.217. The maximum atomic E-state index is 14.0. The van der Waals surface area contributed by atoms with Crippen molar-refractivity contribution in [3.63, 3.8) is 0 Å². The highest BCUT2D eigenvalue weighted by Crippen LogP contribution is 2.60. The Morgan fingerprint density at radius 2 is 1.84 bits per heavy atom. The van der Waals surface area contributed by atoms with Gasteiger partial charge in [0.25, 0.3) is 0 Å². The number of aryl methyl sites for hydroxylation is 1. The number of nitrogens with zero attached hydrogens (tertiary/aromatic N) is 3. The van der Waals surface area contributed by atoms with Crippen molar-refractivity contribution in [1.29, 1.82) is 0 Å². The number of anilines is 1. The molecule has 1 N–H and O–H groups in total. The second kappa shape index (κ2) is 9.39. The second-order valence-electron chi connectivity index (χ2n) is 10.6. The minimum absolute atomic E-state index is 0.127. The maximum absolute atomic E-state index is 14.0. The van der Waals surface area contributed by atoms with Gasteiger partial charge in [-0.3, -0.25) is 14.5 Å². The van der Waals surface area contributed by atoms with E-state index in [1.807, 2.05) is 11.8 Å². The monoisotopic (exact) mass is 460 g/mol.